The molecule has 0 aromatic carbocycles. The third-order valence-corrected chi connectivity index (χ3v) is 5.44. The minimum Gasteiger partial charge on any atom is -0.474 e. The Morgan fingerprint density at radius 2 is 2.21 bits per heavy atom. The van der Waals surface area contributed by atoms with Gasteiger partial charge in [0.05, 0.1) is 0 Å². The number of hydrogen-bond acceptors (Lipinski definition) is 5. The molecule has 1 aliphatic carbocycles. The van der Waals surface area contributed by atoms with E-state index in [2.05, 4.69) is 4.98 Å². The summed E-state index contributed by atoms with van der Waals surface area (Å²) in [6, 6.07) is 2.23. The van der Waals surface area contributed by atoms with Crippen LogP contribution >= 0.6 is 11.6 Å². The molecular formula is C13H16ClF2N3O4S. The zero-order chi connectivity index (χ0) is 18.1. The van der Waals surface area contributed by atoms with Gasteiger partial charge in [0.2, 0.25) is 5.88 Å². The molecule has 0 radical (unpaired) electrons. The quantitative estimate of drug-likeness (QED) is 0.541. The predicted molar refractivity (Wildman–Crippen MR) is 82.3 cm³/mol. The van der Waals surface area contributed by atoms with E-state index < -0.39 is 39.3 Å². The Hall–Kier alpha value is -1.52. The van der Waals surface area contributed by atoms with Crippen molar-refractivity contribution in [1.29, 1.82) is 0 Å². The van der Waals surface area contributed by atoms with Crippen LogP contribution in [0.1, 0.15) is 30.1 Å². The molecule has 1 aromatic rings. The summed E-state index contributed by atoms with van der Waals surface area (Å²) in [5.74, 6) is -4.54. The van der Waals surface area contributed by atoms with Crippen molar-refractivity contribution in [1.82, 2.24) is 9.29 Å². The molecule has 1 fully saturated rings. The van der Waals surface area contributed by atoms with Crippen molar-refractivity contribution in [2.24, 2.45) is 5.73 Å². The van der Waals surface area contributed by atoms with Crippen LogP contribution in [-0.4, -0.2) is 47.0 Å². The second kappa shape index (κ2) is 6.77. The number of primary amides is 1. The van der Waals surface area contributed by atoms with Crippen LogP contribution in [0.4, 0.5) is 8.78 Å². The van der Waals surface area contributed by atoms with Gasteiger partial charge in [-0.2, -0.15) is 13.1 Å². The van der Waals surface area contributed by atoms with E-state index in [4.69, 9.17) is 22.1 Å². The lowest BCUT2D eigenvalue weighted by atomic mass is 10.2. The molecule has 1 amide bonds. The van der Waals surface area contributed by atoms with Gasteiger partial charge in [0, 0.05) is 12.2 Å². The fourth-order valence-electron chi connectivity index (χ4n) is 2.21. The number of carbonyl (C=O) groups is 1. The Morgan fingerprint density at radius 3 is 2.71 bits per heavy atom. The van der Waals surface area contributed by atoms with E-state index in [9.17, 15) is 22.0 Å². The smallest absolute Gasteiger partial charge is 0.350 e. The third kappa shape index (κ3) is 3.93. The van der Waals surface area contributed by atoms with Gasteiger partial charge in [-0.25, -0.2) is 13.4 Å². The zero-order valence-electron chi connectivity index (χ0n) is 12.7. The van der Waals surface area contributed by atoms with Gasteiger partial charge < -0.3 is 10.5 Å². The molecule has 1 atom stereocenters. The maximum atomic E-state index is 12.9. The number of ether oxygens (including phenoxy) is 1. The summed E-state index contributed by atoms with van der Waals surface area (Å²) in [7, 11) is -4.89. The average Bonchev–Trinajstić information content (AvgIpc) is 3.29. The lowest BCUT2D eigenvalue weighted by Crippen LogP contribution is -2.52. The van der Waals surface area contributed by atoms with Gasteiger partial charge in [0.15, 0.2) is 0 Å². The fraction of sp³-hybridized carbons (Fsp3) is 0.538. The molecule has 11 heteroatoms. The highest BCUT2D eigenvalue weighted by Crippen LogP contribution is 2.39. The molecule has 0 aliphatic heterocycles. The number of nitrogens with zero attached hydrogens (tertiary/aromatic N) is 2. The molecule has 1 aromatic heterocycles. The first kappa shape index (κ1) is 18.8. The van der Waals surface area contributed by atoms with E-state index in [0.29, 0.717) is 17.1 Å². The summed E-state index contributed by atoms with van der Waals surface area (Å²) < 4.78 is 55.5. The minimum atomic E-state index is -4.89. The number of aromatic nitrogens is 1. The number of nitrogens with two attached hydrogens (primary N) is 1. The Morgan fingerprint density at radius 1 is 1.58 bits per heavy atom. The monoisotopic (exact) mass is 383 g/mol. The summed E-state index contributed by atoms with van der Waals surface area (Å²) in [6.07, 6.45) is 2.21. The number of hydrogen-bond donors (Lipinski definition) is 1. The van der Waals surface area contributed by atoms with Gasteiger partial charge in [-0.05, 0) is 31.9 Å². The Labute approximate surface area is 142 Å². The van der Waals surface area contributed by atoms with Crippen molar-refractivity contribution in [2.75, 3.05) is 6.61 Å². The molecule has 0 unspecified atom stereocenters. The van der Waals surface area contributed by atoms with Gasteiger partial charge in [-0.1, -0.05) is 11.6 Å². The van der Waals surface area contributed by atoms with Crippen LogP contribution in [-0.2, 0) is 10.0 Å². The number of alkyl halides is 3. The second-order valence-corrected chi connectivity index (χ2v) is 8.08. The SMILES string of the molecule is C[C@](Cl)(COc1ncccc1C(N)=O)N(C1CC1)S(=O)(=O)C(F)F. The van der Waals surface area contributed by atoms with Crippen molar-refractivity contribution in [3.63, 3.8) is 0 Å². The molecule has 0 saturated heterocycles. The number of pyridine rings is 1. The first-order valence-electron chi connectivity index (χ1n) is 6.95. The van der Waals surface area contributed by atoms with E-state index in [1.54, 1.807) is 0 Å². The van der Waals surface area contributed by atoms with Crippen LogP contribution in [0.5, 0.6) is 5.88 Å². The lowest BCUT2D eigenvalue weighted by molar-refractivity contribution is 0.0991. The lowest BCUT2D eigenvalue weighted by Gasteiger charge is -2.34. The van der Waals surface area contributed by atoms with Crippen molar-refractivity contribution in [3.8, 4) is 5.88 Å². The first-order valence-corrected chi connectivity index (χ1v) is 8.83. The maximum Gasteiger partial charge on any atom is 0.350 e. The number of rotatable bonds is 8. The maximum absolute atomic E-state index is 12.9. The topological polar surface area (TPSA) is 103 Å². The number of halogens is 3. The van der Waals surface area contributed by atoms with Crippen LogP contribution in [0.3, 0.4) is 0 Å². The molecule has 2 N–H and O–H groups in total. The van der Waals surface area contributed by atoms with Crippen LogP contribution in [0, 0.1) is 0 Å². The van der Waals surface area contributed by atoms with Crippen LogP contribution < -0.4 is 10.5 Å². The molecular weight excluding hydrogens is 368 g/mol. The molecule has 1 heterocycles. The first-order chi connectivity index (χ1) is 11.1. The largest absolute Gasteiger partial charge is 0.474 e. The van der Waals surface area contributed by atoms with E-state index in [1.807, 2.05) is 0 Å². The number of carbonyl (C=O) groups excluding carboxylic acids is 1. The molecule has 7 nitrogen and oxygen atoms in total. The van der Waals surface area contributed by atoms with Crippen LogP contribution in [0.25, 0.3) is 0 Å². The van der Waals surface area contributed by atoms with Crippen LogP contribution in [0.2, 0.25) is 0 Å². The number of amides is 1. The van der Waals surface area contributed by atoms with E-state index in [0.717, 1.165) is 0 Å². The summed E-state index contributed by atoms with van der Waals surface area (Å²) in [5, 5.41) is 0. The molecule has 134 valence electrons. The summed E-state index contributed by atoms with van der Waals surface area (Å²) in [4.78, 5) is 13.4. The van der Waals surface area contributed by atoms with Crippen molar-refractivity contribution in [2.45, 2.75) is 36.6 Å². The van der Waals surface area contributed by atoms with Gasteiger partial charge in [0.1, 0.15) is 17.2 Å². The predicted octanol–water partition coefficient (Wildman–Crippen LogP) is 1.53. The Balaban J connectivity index is 2.22. The fourth-order valence-corrected chi connectivity index (χ4v) is 4.07. The summed E-state index contributed by atoms with van der Waals surface area (Å²) in [6.45, 7) is 0.758. The van der Waals surface area contributed by atoms with Gasteiger partial charge in [-0.15, -0.1) is 0 Å². The van der Waals surface area contributed by atoms with E-state index in [1.165, 1.54) is 25.3 Å². The van der Waals surface area contributed by atoms with Gasteiger partial charge in [0.25, 0.3) is 15.9 Å². The van der Waals surface area contributed by atoms with Gasteiger partial charge >= 0.3 is 5.76 Å². The Kier molecular flexibility index (Phi) is 5.31. The second-order valence-electron chi connectivity index (χ2n) is 5.48. The van der Waals surface area contributed by atoms with E-state index in [-0.39, 0.29) is 11.4 Å². The molecule has 2 rings (SSSR count). The van der Waals surface area contributed by atoms with Crippen molar-refractivity contribution < 1.29 is 26.7 Å². The average molecular weight is 384 g/mol. The molecule has 1 saturated carbocycles. The van der Waals surface area contributed by atoms with Crippen molar-refractivity contribution >= 4 is 27.5 Å². The van der Waals surface area contributed by atoms with Crippen LogP contribution in [0.15, 0.2) is 18.3 Å². The standard InChI is InChI=1S/C13H16ClF2N3O4S/c1-13(14,19(8-4-5-8)24(21,22)12(15)16)7-23-11-9(10(17)20)3-2-6-18-11/h2-3,6,8,12H,4-5,7H2,1H3,(H2,17,20)/t13-/m1/s1. The highest BCUT2D eigenvalue weighted by atomic mass is 35.5. The van der Waals surface area contributed by atoms with Gasteiger partial charge in [-0.3, -0.25) is 4.79 Å². The highest BCUT2D eigenvalue weighted by Gasteiger charge is 2.51. The molecule has 0 bridgehead atoms. The third-order valence-electron chi connectivity index (χ3n) is 3.35. The minimum absolute atomic E-state index is 0.0281. The summed E-state index contributed by atoms with van der Waals surface area (Å²) in [5.41, 5.74) is 5.16. The Bertz CT molecular complexity index is 726. The summed E-state index contributed by atoms with van der Waals surface area (Å²) >= 11 is 6.19. The molecule has 0 spiro atoms. The number of sulfonamides is 1. The molecule has 24 heavy (non-hydrogen) atoms. The normalized spacial score (nSPS) is 17.8. The van der Waals surface area contributed by atoms with E-state index >= 15 is 0 Å². The highest BCUT2D eigenvalue weighted by molar-refractivity contribution is 7.89. The zero-order valence-corrected chi connectivity index (χ0v) is 14.2. The van der Waals surface area contributed by atoms with Crippen molar-refractivity contribution in [3.05, 3.63) is 23.9 Å². The molecule has 1 aliphatic rings.